The van der Waals surface area contributed by atoms with Gasteiger partial charge in [0.15, 0.2) is 10.6 Å². The van der Waals surface area contributed by atoms with Gasteiger partial charge in [-0.05, 0) is 43.7 Å². The topological polar surface area (TPSA) is 82.8 Å². The molecule has 0 radical (unpaired) electrons. The van der Waals surface area contributed by atoms with Crippen molar-refractivity contribution in [3.63, 3.8) is 0 Å². The molecule has 8 heteroatoms. The Bertz CT molecular complexity index is 1370. The number of ether oxygens (including phenoxy) is 2. The molecule has 0 aliphatic carbocycles. The van der Waals surface area contributed by atoms with Crippen LogP contribution in [0.15, 0.2) is 63.8 Å². The molecule has 158 valence electrons. The molecule has 31 heavy (non-hydrogen) atoms. The molecule has 3 heterocycles. The van der Waals surface area contributed by atoms with Crippen molar-refractivity contribution in [3.05, 3.63) is 84.8 Å². The number of aromatic nitrogens is 2. The van der Waals surface area contributed by atoms with Gasteiger partial charge in [-0.3, -0.25) is 19.1 Å². The van der Waals surface area contributed by atoms with E-state index in [1.165, 1.54) is 18.3 Å². The summed E-state index contributed by atoms with van der Waals surface area (Å²) in [6, 6.07) is 8.39. The number of hydrogen-bond acceptors (Lipinski definition) is 7. The maximum Gasteiger partial charge on any atom is 0.271 e. The van der Waals surface area contributed by atoms with Gasteiger partial charge < -0.3 is 9.47 Å². The highest BCUT2D eigenvalue weighted by Gasteiger charge is 2.32. The number of allylic oxidation sites excluding steroid dienone is 2. The summed E-state index contributed by atoms with van der Waals surface area (Å²) in [5.74, 6) is 1.000. The van der Waals surface area contributed by atoms with E-state index < -0.39 is 6.04 Å². The van der Waals surface area contributed by atoms with Crippen molar-refractivity contribution in [2.45, 2.75) is 19.9 Å². The minimum Gasteiger partial charge on any atom is -0.497 e. The molecule has 0 fully saturated rings. The third kappa shape index (κ3) is 3.70. The van der Waals surface area contributed by atoms with Gasteiger partial charge in [0.05, 0.1) is 24.8 Å². The standard InChI is InChI=1S/C23H21N3O4S/c1-13-20(14(2)27)21(17-8-7-16(29-3)11-18(17)30-4)26-22(28)19(31-23(26)25-13)10-15-6-5-9-24-12-15/h5-12,21H,1-4H3/b19-10-. The van der Waals surface area contributed by atoms with E-state index in [0.717, 1.165) is 5.56 Å². The summed E-state index contributed by atoms with van der Waals surface area (Å²) >= 11 is 1.28. The Kier molecular flexibility index (Phi) is 5.56. The second-order valence-electron chi connectivity index (χ2n) is 7.03. The number of methoxy groups -OCH3 is 2. The predicted molar refractivity (Wildman–Crippen MR) is 118 cm³/mol. The van der Waals surface area contributed by atoms with Crippen LogP contribution in [0, 0.1) is 0 Å². The molecule has 7 nitrogen and oxygen atoms in total. The molecule has 0 spiro atoms. The first-order valence-corrected chi connectivity index (χ1v) is 10.4. The van der Waals surface area contributed by atoms with Gasteiger partial charge in [0, 0.05) is 35.3 Å². The number of nitrogens with zero attached hydrogens (tertiary/aromatic N) is 3. The average molecular weight is 436 g/mol. The molecule has 1 aromatic carbocycles. The third-order valence-corrected chi connectivity index (χ3v) is 6.10. The van der Waals surface area contributed by atoms with E-state index in [1.54, 1.807) is 56.3 Å². The molecule has 1 atom stereocenters. The Hall–Kier alpha value is -3.52. The highest BCUT2D eigenvalue weighted by molar-refractivity contribution is 7.07. The second kappa shape index (κ2) is 8.31. The van der Waals surface area contributed by atoms with Crippen LogP contribution in [0.5, 0.6) is 11.5 Å². The lowest BCUT2D eigenvalue weighted by atomic mass is 9.92. The lowest BCUT2D eigenvalue weighted by molar-refractivity contribution is -0.114. The van der Waals surface area contributed by atoms with Gasteiger partial charge in [-0.25, -0.2) is 4.99 Å². The zero-order chi connectivity index (χ0) is 22.1. The van der Waals surface area contributed by atoms with E-state index in [0.29, 0.717) is 37.7 Å². The van der Waals surface area contributed by atoms with Gasteiger partial charge in [-0.1, -0.05) is 17.4 Å². The van der Waals surface area contributed by atoms with Crippen molar-refractivity contribution in [1.82, 2.24) is 9.55 Å². The summed E-state index contributed by atoms with van der Waals surface area (Å²) in [4.78, 5) is 35.3. The van der Waals surface area contributed by atoms with Crippen molar-refractivity contribution in [3.8, 4) is 11.5 Å². The molecule has 1 unspecified atom stereocenters. The molecular weight excluding hydrogens is 414 g/mol. The molecule has 1 aliphatic heterocycles. The summed E-state index contributed by atoms with van der Waals surface area (Å²) in [5.41, 5.74) is 2.33. The Labute approximate surface area is 182 Å². The Morgan fingerprint density at radius 1 is 1.23 bits per heavy atom. The van der Waals surface area contributed by atoms with E-state index in [-0.39, 0.29) is 11.3 Å². The number of thiazole rings is 1. The SMILES string of the molecule is COc1ccc(C2C(C(C)=O)=C(C)N=c3s/c(=C\c4cccnc4)c(=O)n32)c(OC)c1. The Balaban J connectivity index is 2.01. The number of pyridine rings is 1. The second-order valence-corrected chi connectivity index (χ2v) is 8.04. The average Bonchev–Trinajstić information content (AvgIpc) is 3.07. The number of Topliss-reactive ketones (excluding diaryl/α,β-unsaturated/α-hetero) is 1. The van der Waals surface area contributed by atoms with Crippen LogP contribution in [0.4, 0.5) is 0 Å². The van der Waals surface area contributed by atoms with E-state index in [4.69, 9.17) is 9.47 Å². The van der Waals surface area contributed by atoms with E-state index in [2.05, 4.69) is 9.98 Å². The molecule has 0 amide bonds. The van der Waals surface area contributed by atoms with E-state index in [9.17, 15) is 9.59 Å². The summed E-state index contributed by atoms with van der Waals surface area (Å²) in [6.07, 6.45) is 5.15. The highest BCUT2D eigenvalue weighted by atomic mass is 32.1. The predicted octanol–water partition coefficient (Wildman–Crippen LogP) is 2.24. The van der Waals surface area contributed by atoms with Gasteiger partial charge in [-0.2, -0.15) is 0 Å². The van der Waals surface area contributed by atoms with Crippen LogP contribution in [-0.2, 0) is 4.79 Å². The van der Waals surface area contributed by atoms with Crippen molar-refractivity contribution in [2.75, 3.05) is 14.2 Å². The molecule has 2 aromatic heterocycles. The number of carbonyl (C=O) groups is 1. The monoisotopic (exact) mass is 435 g/mol. The largest absolute Gasteiger partial charge is 0.497 e. The van der Waals surface area contributed by atoms with Crippen LogP contribution in [0.2, 0.25) is 0 Å². The van der Waals surface area contributed by atoms with Gasteiger partial charge >= 0.3 is 0 Å². The first kappa shape index (κ1) is 20.7. The molecule has 4 rings (SSSR count). The van der Waals surface area contributed by atoms with Crippen LogP contribution in [-0.4, -0.2) is 29.6 Å². The molecule has 0 saturated carbocycles. The van der Waals surface area contributed by atoms with Crippen molar-refractivity contribution in [1.29, 1.82) is 0 Å². The van der Waals surface area contributed by atoms with Crippen LogP contribution in [0.25, 0.3) is 6.08 Å². The lowest BCUT2D eigenvalue weighted by Gasteiger charge is -2.26. The normalized spacial score (nSPS) is 16.0. The number of hydrogen-bond donors (Lipinski definition) is 0. The quantitative estimate of drug-likeness (QED) is 0.614. The third-order valence-electron chi connectivity index (χ3n) is 5.12. The van der Waals surface area contributed by atoms with Crippen LogP contribution >= 0.6 is 11.3 Å². The van der Waals surface area contributed by atoms with Crippen LogP contribution < -0.4 is 24.4 Å². The number of carbonyl (C=O) groups excluding carboxylic acids is 1. The molecular formula is C23H21N3O4S. The fourth-order valence-corrected chi connectivity index (χ4v) is 4.77. The van der Waals surface area contributed by atoms with E-state index in [1.807, 2.05) is 18.2 Å². The Morgan fingerprint density at radius 3 is 2.68 bits per heavy atom. The van der Waals surface area contributed by atoms with Crippen molar-refractivity contribution >= 4 is 23.2 Å². The molecule has 0 N–H and O–H groups in total. The molecule has 1 aliphatic rings. The minimum absolute atomic E-state index is 0.148. The zero-order valence-electron chi connectivity index (χ0n) is 17.6. The molecule has 3 aromatic rings. The van der Waals surface area contributed by atoms with E-state index >= 15 is 0 Å². The van der Waals surface area contributed by atoms with Crippen LogP contribution in [0.3, 0.4) is 0 Å². The smallest absolute Gasteiger partial charge is 0.271 e. The van der Waals surface area contributed by atoms with Gasteiger partial charge in [0.25, 0.3) is 5.56 Å². The number of fused-ring (bicyclic) bond motifs is 1. The van der Waals surface area contributed by atoms with Crippen molar-refractivity contribution in [2.24, 2.45) is 4.99 Å². The summed E-state index contributed by atoms with van der Waals surface area (Å²) in [6.45, 7) is 3.28. The summed E-state index contributed by atoms with van der Waals surface area (Å²) < 4.78 is 13.0. The molecule has 0 bridgehead atoms. The number of ketones is 1. The minimum atomic E-state index is -0.648. The lowest BCUT2D eigenvalue weighted by Crippen LogP contribution is -2.39. The maximum atomic E-state index is 13.5. The fraction of sp³-hybridized carbons (Fsp3) is 0.217. The summed E-state index contributed by atoms with van der Waals surface area (Å²) in [7, 11) is 3.12. The Morgan fingerprint density at radius 2 is 2.03 bits per heavy atom. The number of benzene rings is 1. The first-order valence-electron chi connectivity index (χ1n) is 9.60. The first-order chi connectivity index (χ1) is 14.9. The van der Waals surface area contributed by atoms with Gasteiger partial charge in [0.1, 0.15) is 11.5 Å². The summed E-state index contributed by atoms with van der Waals surface area (Å²) in [5, 5.41) is 0. The van der Waals surface area contributed by atoms with Gasteiger partial charge in [-0.15, -0.1) is 0 Å². The van der Waals surface area contributed by atoms with Crippen molar-refractivity contribution < 1.29 is 14.3 Å². The van der Waals surface area contributed by atoms with Crippen LogP contribution in [0.1, 0.15) is 31.0 Å². The fourth-order valence-electron chi connectivity index (χ4n) is 3.72. The molecule has 0 saturated heterocycles. The zero-order valence-corrected chi connectivity index (χ0v) is 18.4. The highest BCUT2D eigenvalue weighted by Crippen LogP contribution is 2.37. The van der Waals surface area contributed by atoms with Gasteiger partial charge in [0.2, 0.25) is 0 Å². The maximum absolute atomic E-state index is 13.5. The number of rotatable bonds is 5.